The first kappa shape index (κ1) is 14.4. The number of hydrogen-bond acceptors (Lipinski definition) is 3. The molecule has 1 unspecified atom stereocenters. The van der Waals surface area contributed by atoms with Crippen LogP contribution in [0.5, 0.6) is 0 Å². The van der Waals surface area contributed by atoms with Gasteiger partial charge in [0, 0.05) is 17.6 Å². The van der Waals surface area contributed by atoms with Crippen molar-refractivity contribution in [3.05, 3.63) is 29.3 Å². The molecule has 1 atom stereocenters. The minimum Gasteiger partial charge on any atom is -0.436 e. The maximum Gasteiger partial charge on any atom is 0.408 e. The largest absolute Gasteiger partial charge is 0.436 e. The second kappa shape index (κ2) is 5.15. The summed E-state index contributed by atoms with van der Waals surface area (Å²) in [5.41, 5.74) is 2.50. The molecule has 2 rings (SSSR count). The van der Waals surface area contributed by atoms with Crippen molar-refractivity contribution in [1.29, 1.82) is 0 Å². The third kappa shape index (κ3) is 3.29. The Morgan fingerprint density at radius 2 is 2.10 bits per heavy atom. The van der Waals surface area contributed by atoms with E-state index in [9.17, 15) is 9.59 Å². The van der Waals surface area contributed by atoms with Gasteiger partial charge in [0.2, 0.25) is 0 Å². The first-order valence-corrected chi connectivity index (χ1v) is 6.64. The smallest absolute Gasteiger partial charge is 0.408 e. The van der Waals surface area contributed by atoms with Gasteiger partial charge in [0.05, 0.1) is 0 Å². The lowest BCUT2D eigenvalue weighted by atomic mass is 9.96. The number of anilines is 1. The van der Waals surface area contributed by atoms with Gasteiger partial charge in [0.1, 0.15) is 0 Å². The molecule has 5 heteroatoms. The zero-order valence-electron chi connectivity index (χ0n) is 12.2. The average Bonchev–Trinajstić information content (AvgIpc) is 2.29. The number of carbonyl (C=O) groups is 2. The van der Waals surface area contributed by atoms with Crippen molar-refractivity contribution in [2.75, 3.05) is 5.32 Å². The second-order valence-electron chi connectivity index (χ2n) is 6.06. The summed E-state index contributed by atoms with van der Waals surface area (Å²) < 4.78 is 5.23. The molecule has 0 spiro atoms. The number of rotatable bonds is 1. The van der Waals surface area contributed by atoms with Crippen LogP contribution in [0, 0.1) is 6.92 Å². The van der Waals surface area contributed by atoms with Crippen molar-refractivity contribution in [2.45, 2.75) is 45.8 Å². The summed E-state index contributed by atoms with van der Waals surface area (Å²) in [5, 5.41) is 5.46. The van der Waals surface area contributed by atoms with Crippen LogP contribution in [0.15, 0.2) is 18.2 Å². The number of amides is 2. The highest BCUT2D eigenvalue weighted by atomic mass is 16.6. The standard InChI is InChI=1S/C15H20N2O3/c1-9-6-5-7-11-10(9)8-12(13(18)16-11)20-14(19)17-15(2,3)4/h5-7,12H,8H2,1-4H3,(H,16,18)(H,17,19). The topological polar surface area (TPSA) is 67.4 Å². The summed E-state index contributed by atoms with van der Waals surface area (Å²) >= 11 is 0. The predicted molar refractivity (Wildman–Crippen MR) is 76.7 cm³/mol. The highest BCUT2D eigenvalue weighted by Crippen LogP contribution is 2.26. The Morgan fingerprint density at radius 3 is 2.75 bits per heavy atom. The van der Waals surface area contributed by atoms with E-state index >= 15 is 0 Å². The van der Waals surface area contributed by atoms with Crippen LogP contribution in [0.4, 0.5) is 10.5 Å². The highest BCUT2D eigenvalue weighted by molar-refractivity contribution is 5.98. The van der Waals surface area contributed by atoms with Gasteiger partial charge < -0.3 is 15.4 Å². The lowest BCUT2D eigenvalue weighted by Gasteiger charge is -2.27. The Bertz CT molecular complexity index is 547. The fourth-order valence-electron chi connectivity index (χ4n) is 2.14. The number of ether oxygens (including phenoxy) is 1. The third-order valence-corrected chi connectivity index (χ3v) is 3.08. The molecular weight excluding hydrogens is 256 g/mol. The molecule has 1 aromatic rings. The minimum atomic E-state index is -0.786. The Labute approximate surface area is 118 Å². The van der Waals surface area contributed by atoms with E-state index in [0.717, 1.165) is 16.8 Å². The molecule has 1 heterocycles. The van der Waals surface area contributed by atoms with Gasteiger partial charge in [-0.05, 0) is 44.9 Å². The van der Waals surface area contributed by atoms with Gasteiger partial charge in [-0.25, -0.2) is 4.79 Å². The van der Waals surface area contributed by atoms with Gasteiger partial charge in [-0.2, -0.15) is 0 Å². The van der Waals surface area contributed by atoms with E-state index < -0.39 is 17.7 Å². The Hall–Kier alpha value is -2.04. The third-order valence-electron chi connectivity index (χ3n) is 3.08. The fraction of sp³-hybridized carbons (Fsp3) is 0.467. The number of fused-ring (bicyclic) bond motifs is 1. The molecule has 108 valence electrons. The van der Waals surface area contributed by atoms with E-state index in [1.807, 2.05) is 45.9 Å². The van der Waals surface area contributed by atoms with E-state index in [4.69, 9.17) is 4.74 Å². The van der Waals surface area contributed by atoms with Crippen LogP contribution >= 0.6 is 0 Å². The van der Waals surface area contributed by atoms with E-state index in [2.05, 4.69) is 10.6 Å². The molecule has 20 heavy (non-hydrogen) atoms. The number of hydrogen-bond donors (Lipinski definition) is 2. The number of nitrogens with one attached hydrogen (secondary N) is 2. The molecule has 1 aliphatic rings. The second-order valence-corrected chi connectivity index (χ2v) is 6.06. The summed E-state index contributed by atoms with van der Waals surface area (Å²) in [6, 6.07) is 5.72. The average molecular weight is 276 g/mol. The zero-order chi connectivity index (χ0) is 14.9. The van der Waals surface area contributed by atoms with Crippen molar-refractivity contribution >= 4 is 17.7 Å². The molecule has 2 amide bonds. The van der Waals surface area contributed by atoms with Gasteiger partial charge >= 0.3 is 6.09 Å². The van der Waals surface area contributed by atoms with Crippen LogP contribution in [-0.4, -0.2) is 23.6 Å². The Kier molecular flexibility index (Phi) is 3.70. The molecule has 1 aromatic carbocycles. The Morgan fingerprint density at radius 1 is 1.40 bits per heavy atom. The highest BCUT2D eigenvalue weighted by Gasteiger charge is 2.30. The predicted octanol–water partition coefficient (Wildman–Crippen LogP) is 2.38. The maximum atomic E-state index is 12.0. The molecule has 0 saturated carbocycles. The van der Waals surface area contributed by atoms with Crippen LogP contribution in [0.1, 0.15) is 31.9 Å². The number of aryl methyl sites for hydroxylation is 1. The van der Waals surface area contributed by atoms with E-state index in [0.29, 0.717) is 6.42 Å². The molecule has 1 aliphatic heterocycles. The molecule has 2 N–H and O–H groups in total. The van der Waals surface area contributed by atoms with Crippen molar-refractivity contribution in [3.8, 4) is 0 Å². The fourth-order valence-corrected chi connectivity index (χ4v) is 2.14. The molecule has 0 aliphatic carbocycles. The quantitative estimate of drug-likeness (QED) is 0.827. The minimum absolute atomic E-state index is 0.285. The summed E-state index contributed by atoms with van der Waals surface area (Å²) in [7, 11) is 0. The lowest BCUT2D eigenvalue weighted by molar-refractivity contribution is -0.124. The molecule has 5 nitrogen and oxygen atoms in total. The normalized spacial score (nSPS) is 18.0. The van der Waals surface area contributed by atoms with E-state index in [1.54, 1.807) is 0 Å². The van der Waals surface area contributed by atoms with Crippen molar-refractivity contribution < 1.29 is 14.3 Å². The SMILES string of the molecule is Cc1cccc2c1CC(OC(=O)NC(C)(C)C)C(=O)N2. The molecule has 0 aromatic heterocycles. The Balaban J connectivity index is 2.10. The summed E-state index contributed by atoms with van der Waals surface area (Å²) in [6.45, 7) is 7.54. The zero-order valence-corrected chi connectivity index (χ0v) is 12.2. The number of alkyl carbamates (subject to hydrolysis) is 1. The van der Waals surface area contributed by atoms with Crippen molar-refractivity contribution in [3.63, 3.8) is 0 Å². The lowest BCUT2D eigenvalue weighted by Crippen LogP contribution is -2.46. The van der Waals surface area contributed by atoms with Crippen molar-refractivity contribution in [2.24, 2.45) is 0 Å². The van der Waals surface area contributed by atoms with Crippen LogP contribution in [0.25, 0.3) is 0 Å². The van der Waals surface area contributed by atoms with Crippen molar-refractivity contribution in [1.82, 2.24) is 5.32 Å². The maximum absolute atomic E-state index is 12.0. The summed E-state index contributed by atoms with van der Waals surface area (Å²) in [6.07, 6.45) is -0.952. The van der Waals surface area contributed by atoms with Gasteiger partial charge in [-0.1, -0.05) is 12.1 Å². The van der Waals surface area contributed by atoms with Gasteiger partial charge in [0.15, 0.2) is 6.10 Å². The number of benzene rings is 1. The van der Waals surface area contributed by atoms with Gasteiger partial charge in [-0.3, -0.25) is 4.79 Å². The molecule has 0 saturated heterocycles. The first-order chi connectivity index (χ1) is 9.26. The van der Waals surface area contributed by atoms with Crippen LogP contribution in [0.3, 0.4) is 0 Å². The summed E-state index contributed by atoms with van der Waals surface area (Å²) in [5.74, 6) is -0.285. The van der Waals surface area contributed by atoms with Gasteiger partial charge in [-0.15, -0.1) is 0 Å². The molecule has 0 fully saturated rings. The van der Waals surface area contributed by atoms with Crippen LogP contribution in [-0.2, 0) is 16.0 Å². The van der Waals surface area contributed by atoms with Gasteiger partial charge in [0.25, 0.3) is 5.91 Å². The monoisotopic (exact) mass is 276 g/mol. The summed E-state index contributed by atoms with van der Waals surface area (Å²) in [4.78, 5) is 23.7. The van der Waals surface area contributed by atoms with Crippen LogP contribution in [0.2, 0.25) is 0 Å². The van der Waals surface area contributed by atoms with E-state index in [1.165, 1.54) is 0 Å². The first-order valence-electron chi connectivity index (χ1n) is 6.64. The molecule has 0 bridgehead atoms. The number of carbonyl (C=O) groups excluding carboxylic acids is 2. The molecular formula is C15H20N2O3. The van der Waals surface area contributed by atoms with Crippen LogP contribution < -0.4 is 10.6 Å². The molecule has 0 radical (unpaired) electrons. The van der Waals surface area contributed by atoms with E-state index in [-0.39, 0.29) is 5.91 Å².